The number of nitrogens with zero attached hydrogens (tertiary/aromatic N) is 2. The van der Waals surface area contributed by atoms with Crippen molar-refractivity contribution in [2.75, 3.05) is 26.7 Å². The van der Waals surface area contributed by atoms with E-state index in [9.17, 15) is 24.3 Å². The van der Waals surface area contributed by atoms with Crippen molar-refractivity contribution in [3.63, 3.8) is 0 Å². The van der Waals surface area contributed by atoms with E-state index >= 15 is 0 Å². The number of hydrogen-bond acceptors (Lipinski definition) is 11. The van der Waals surface area contributed by atoms with Gasteiger partial charge in [-0.05, 0) is 24.1 Å². The molecule has 0 aliphatic carbocycles. The lowest BCUT2D eigenvalue weighted by atomic mass is 9.86. The maximum atomic E-state index is 13.6. The Balaban J connectivity index is 1.40. The molecule has 2 amide bonds. The van der Waals surface area contributed by atoms with Gasteiger partial charge < -0.3 is 45.0 Å². The lowest BCUT2D eigenvalue weighted by Gasteiger charge is -2.31. The van der Waals surface area contributed by atoms with Gasteiger partial charge in [0.2, 0.25) is 18.6 Å². The molecular formula is C27H27N5O9. The van der Waals surface area contributed by atoms with Crippen LogP contribution in [-0.4, -0.2) is 59.1 Å². The highest BCUT2D eigenvalue weighted by molar-refractivity contribution is 5.92. The Kier molecular flexibility index (Phi) is 6.60. The van der Waals surface area contributed by atoms with Crippen LogP contribution in [0.4, 0.5) is 0 Å². The minimum atomic E-state index is -1.95. The van der Waals surface area contributed by atoms with Gasteiger partial charge in [-0.1, -0.05) is 6.92 Å². The molecule has 3 aliphatic rings. The average molecular weight is 566 g/mol. The molecule has 5 heterocycles. The summed E-state index contributed by atoms with van der Waals surface area (Å²) in [6, 6.07) is 5.14. The van der Waals surface area contributed by atoms with Crippen LogP contribution in [0.1, 0.15) is 35.6 Å². The van der Waals surface area contributed by atoms with Gasteiger partial charge in [-0.3, -0.25) is 14.4 Å². The molecule has 214 valence electrons. The zero-order valence-electron chi connectivity index (χ0n) is 22.1. The third-order valence-corrected chi connectivity index (χ3v) is 7.55. The van der Waals surface area contributed by atoms with E-state index in [0.717, 1.165) is 0 Å². The molecule has 0 spiro atoms. The highest BCUT2D eigenvalue weighted by Gasteiger charge is 2.45. The van der Waals surface area contributed by atoms with Gasteiger partial charge in [-0.25, -0.2) is 9.78 Å². The molecule has 6 rings (SSSR count). The van der Waals surface area contributed by atoms with Crippen LogP contribution in [0.25, 0.3) is 22.3 Å². The number of aliphatic hydroxyl groups is 1. The molecule has 3 aliphatic heterocycles. The van der Waals surface area contributed by atoms with E-state index in [1.165, 1.54) is 4.57 Å². The van der Waals surface area contributed by atoms with E-state index in [-0.39, 0.29) is 63.9 Å². The zero-order valence-corrected chi connectivity index (χ0v) is 22.1. The molecule has 1 aromatic carbocycles. The minimum absolute atomic E-state index is 0.0263. The first-order valence-corrected chi connectivity index (χ1v) is 13.0. The molecule has 5 N–H and O–H groups in total. The van der Waals surface area contributed by atoms with Crippen LogP contribution in [0.3, 0.4) is 0 Å². The number of carbonyl (C=O) groups excluding carboxylic acids is 3. The molecule has 2 aromatic heterocycles. The Morgan fingerprint density at radius 2 is 1.90 bits per heavy atom. The molecule has 0 fully saturated rings. The predicted molar refractivity (Wildman–Crippen MR) is 141 cm³/mol. The summed E-state index contributed by atoms with van der Waals surface area (Å²) in [4.78, 5) is 54.8. The number of aromatic nitrogens is 2. The highest BCUT2D eigenvalue weighted by Crippen LogP contribution is 2.43. The maximum Gasteiger partial charge on any atom is 0.343 e. The standard InChI is InChI=1S/C27H27N5O9/c1-2-27(37)17-4-19-24-15(8-32(19)25(35)16(17)9-39-26(27)36)14(7-29-23(34)10-38-11-30-22(33)6-28)13-3-20-21(41-12-40-20)5-18(13)31-24/h3-5,37H,2,6-12,28H2,1H3,(H,29,34)(H,30,33)/t27-/m0/s1. The van der Waals surface area contributed by atoms with Crippen molar-refractivity contribution in [3.05, 3.63) is 50.8 Å². The summed E-state index contributed by atoms with van der Waals surface area (Å²) in [7, 11) is 0. The summed E-state index contributed by atoms with van der Waals surface area (Å²) in [6.07, 6.45) is 0.0263. The fraction of sp³-hybridized carbons (Fsp3) is 0.370. The van der Waals surface area contributed by atoms with Gasteiger partial charge in [0, 0.05) is 29.1 Å². The molecule has 14 nitrogen and oxygen atoms in total. The van der Waals surface area contributed by atoms with Gasteiger partial charge in [-0.2, -0.15) is 0 Å². The summed E-state index contributed by atoms with van der Waals surface area (Å²) < 4.78 is 23.0. The van der Waals surface area contributed by atoms with E-state index in [1.54, 1.807) is 25.1 Å². The van der Waals surface area contributed by atoms with E-state index in [0.29, 0.717) is 44.9 Å². The second-order valence-electron chi connectivity index (χ2n) is 9.82. The number of esters is 1. The Labute approximate surface area is 232 Å². The van der Waals surface area contributed by atoms with E-state index < -0.39 is 28.9 Å². The number of cyclic esters (lactones) is 1. The van der Waals surface area contributed by atoms with Gasteiger partial charge in [0.05, 0.1) is 35.6 Å². The number of nitrogens with one attached hydrogen (secondary N) is 2. The van der Waals surface area contributed by atoms with Crippen molar-refractivity contribution in [2.24, 2.45) is 5.73 Å². The predicted octanol–water partition coefficient (Wildman–Crippen LogP) is -0.526. The molecule has 41 heavy (non-hydrogen) atoms. The molecule has 1 atom stereocenters. The van der Waals surface area contributed by atoms with Crippen molar-refractivity contribution < 1.29 is 38.4 Å². The highest BCUT2D eigenvalue weighted by atomic mass is 16.7. The molecule has 0 bridgehead atoms. The fourth-order valence-corrected chi connectivity index (χ4v) is 5.34. The van der Waals surface area contributed by atoms with E-state index in [4.69, 9.17) is 29.7 Å². The second kappa shape index (κ2) is 10.1. The number of amides is 2. The molecule has 14 heteroatoms. The Morgan fingerprint density at radius 1 is 1.12 bits per heavy atom. The molecular weight excluding hydrogens is 538 g/mol. The van der Waals surface area contributed by atoms with Gasteiger partial charge in [0.15, 0.2) is 17.1 Å². The number of hydrogen-bond donors (Lipinski definition) is 4. The van der Waals surface area contributed by atoms with Crippen LogP contribution >= 0.6 is 0 Å². The lowest BCUT2D eigenvalue weighted by Crippen LogP contribution is -2.44. The monoisotopic (exact) mass is 565 g/mol. The van der Waals surface area contributed by atoms with Crippen molar-refractivity contribution >= 4 is 28.7 Å². The summed E-state index contributed by atoms with van der Waals surface area (Å²) in [5, 5.41) is 17.1. The van der Waals surface area contributed by atoms with Crippen LogP contribution in [0, 0.1) is 0 Å². The summed E-state index contributed by atoms with van der Waals surface area (Å²) >= 11 is 0. The van der Waals surface area contributed by atoms with Gasteiger partial charge in [0.1, 0.15) is 19.9 Å². The number of pyridine rings is 2. The van der Waals surface area contributed by atoms with Crippen molar-refractivity contribution in [3.8, 4) is 22.9 Å². The Hall–Kier alpha value is -4.53. The number of benzene rings is 1. The molecule has 0 radical (unpaired) electrons. The normalized spacial score (nSPS) is 18.0. The SMILES string of the molecule is CC[C@@]1(O)C(=O)OCc2c1cc1n(c2=O)Cc2c-1nc1cc3c(cc1c2CNC(=O)COCNC(=O)CN)OCO3. The van der Waals surface area contributed by atoms with Crippen LogP contribution in [0.15, 0.2) is 23.0 Å². The Bertz CT molecular complexity index is 1680. The first kappa shape index (κ1) is 26.7. The first-order valence-electron chi connectivity index (χ1n) is 13.0. The molecule has 0 saturated heterocycles. The number of nitrogens with two attached hydrogens (primary N) is 1. The summed E-state index contributed by atoms with van der Waals surface area (Å²) in [6.45, 7) is 1.02. The van der Waals surface area contributed by atoms with Crippen molar-refractivity contribution in [2.45, 2.75) is 38.6 Å². The quantitative estimate of drug-likeness (QED) is 0.122. The molecule has 3 aromatic rings. The first-order chi connectivity index (χ1) is 19.7. The third kappa shape index (κ3) is 4.36. The van der Waals surface area contributed by atoms with Crippen molar-refractivity contribution in [1.82, 2.24) is 20.2 Å². The minimum Gasteiger partial charge on any atom is -0.458 e. The van der Waals surface area contributed by atoms with Crippen LogP contribution in [-0.2, 0) is 49.2 Å². The topological polar surface area (TPSA) is 193 Å². The summed E-state index contributed by atoms with van der Waals surface area (Å²) in [5.41, 5.74) is 6.17. The van der Waals surface area contributed by atoms with Crippen LogP contribution in [0.2, 0.25) is 0 Å². The number of rotatable bonds is 8. The summed E-state index contributed by atoms with van der Waals surface area (Å²) in [5.74, 6) is -0.608. The van der Waals surface area contributed by atoms with Crippen LogP contribution < -0.4 is 31.4 Å². The van der Waals surface area contributed by atoms with Gasteiger partial charge in [0.25, 0.3) is 5.56 Å². The number of ether oxygens (including phenoxy) is 4. The largest absolute Gasteiger partial charge is 0.458 e. The zero-order chi connectivity index (χ0) is 28.9. The third-order valence-electron chi connectivity index (χ3n) is 7.55. The number of carbonyl (C=O) groups is 3. The van der Waals surface area contributed by atoms with Gasteiger partial charge >= 0.3 is 5.97 Å². The molecule has 0 unspecified atom stereocenters. The Morgan fingerprint density at radius 3 is 2.66 bits per heavy atom. The van der Waals surface area contributed by atoms with Crippen LogP contribution in [0.5, 0.6) is 11.5 Å². The fourth-order valence-electron chi connectivity index (χ4n) is 5.34. The average Bonchev–Trinajstić information content (AvgIpc) is 3.58. The second-order valence-corrected chi connectivity index (χ2v) is 9.82. The lowest BCUT2D eigenvalue weighted by molar-refractivity contribution is -0.172. The number of fused-ring (bicyclic) bond motifs is 6. The van der Waals surface area contributed by atoms with E-state index in [1.807, 2.05) is 0 Å². The molecule has 0 saturated carbocycles. The smallest absolute Gasteiger partial charge is 0.343 e. The van der Waals surface area contributed by atoms with Gasteiger partial charge in [-0.15, -0.1) is 0 Å². The van der Waals surface area contributed by atoms with Crippen molar-refractivity contribution in [1.29, 1.82) is 0 Å². The maximum absolute atomic E-state index is 13.6. The van der Waals surface area contributed by atoms with E-state index in [2.05, 4.69) is 10.6 Å².